The summed E-state index contributed by atoms with van der Waals surface area (Å²) in [7, 11) is 0. The van der Waals surface area contributed by atoms with Crippen molar-refractivity contribution >= 4 is 23.2 Å². The van der Waals surface area contributed by atoms with Gasteiger partial charge in [0.25, 0.3) is 11.8 Å². The molecule has 0 radical (unpaired) electrons. The molecule has 6 nitrogen and oxygen atoms in total. The molecule has 0 saturated carbocycles. The normalized spacial score (nSPS) is 18.7. The summed E-state index contributed by atoms with van der Waals surface area (Å²) in [6.07, 6.45) is 1.75. The Kier molecular flexibility index (Phi) is 4.87. The van der Waals surface area contributed by atoms with E-state index in [1.807, 2.05) is 41.3 Å². The average Bonchev–Trinajstić information content (AvgIpc) is 3.41. The number of carbonyl (C=O) groups is 2. The number of carbonyl (C=O) groups excluding carboxylic acids is 2. The number of oxime groups is 1. The summed E-state index contributed by atoms with van der Waals surface area (Å²) in [4.78, 5) is 32.5. The third kappa shape index (κ3) is 3.69. The van der Waals surface area contributed by atoms with E-state index in [2.05, 4.69) is 10.5 Å². The maximum absolute atomic E-state index is 12.7. The van der Waals surface area contributed by atoms with Crippen molar-refractivity contribution in [3.63, 3.8) is 0 Å². The van der Waals surface area contributed by atoms with Gasteiger partial charge in [0.2, 0.25) is 6.10 Å². The van der Waals surface area contributed by atoms with E-state index >= 15 is 0 Å². The average molecular weight is 363 g/mol. The third-order valence-corrected chi connectivity index (χ3v) is 4.88. The van der Waals surface area contributed by atoms with Gasteiger partial charge in [-0.3, -0.25) is 9.59 Å². The summed E-state index contributed by atoms with van der Waals surface area (Å²) >= 11 is 0. The van der Waals surface area contributed by atoms with Crippen LogP contribution in [0.2, 0.25) is 0 Å². The van der Waals surface area contributed by atoms with Gasteiger partial charge in [-0.1, -0.05) is 47.6 Å². The van der Waals surface area contributed by atoms with E-state index in [9.17, 15) is 9.59 Å². The maximum Gasteiger partial charge on any atom is 0.268 e. The molecule has 1 saturated heterocycles. The van der Waals surface area contributed by atoms with Crippen LogP contribution in [0.1, 0.15) is 35.2 Å². The third-order valence-electron chi connectivity index (χ3n) is 4.88. The lowest BCUT2D eigenvalue weighted by Crippen LogP contribution is -2.31. The SMILES string of the molecule is O=C(Nc1ccccc1C(=O)N1CCCC1)[C@@H]1CC(c2ccccc2)=NO1. The van der Waals surface area contributed by atoms with Crippen molar-refractivity contribution in [2.45, 2.75) is 25.4 Å². The minimum atomic E-state index is -0.699. The van der Waals surface area contributed by atoms with Crippen molar-refractivity contribution in [1.82, 2.24) is 4.90 Å². The van der Waals surface area contributed by atoms with Gasteiger partial charge in [0.15, 0.2) is 0 Å². The molecule has 138 valence electrons. The lowest BCUT2D eigenvalue weighted by molar-refractivity contribution is -0.125. The van der Waals surface area contributed by atoms with Gasteiger partial charge in [0.05, 0.1) is 17.0 Å². The van der Waals surface area contributed by atoms with E-state index < -0.39 is 6.10 Å². The Bertz CT molecular complexity index is 873. The molecule has 1 fully saturated rings. The van der Waals surface area contributed by atoms with Crippen molar-refractivity contribution in [2.24, 2.45) is 5.16 Å². The number of benzene rings is 2. The van der Waals surface area contributed by atoms with Crippen molar-refractivity contribution in [3.05, 3.63) is 65.7 Å². The largest absolute Gasteiger partial charge is 0.382 e. The predicted octanol–water partition coefficient (Wildman–Crippen LogP) is 3.05. The smallest absolute Gasteiger partial charge is 0.268 e. The molecule has 2 amide bonds. The lowest BCUT2D eigenvalue weighted by atomic mass is 10.0. The second-order valence-corrected chi connectivity index (χ2v) is 6.74. The Morgan fingerprint density at radius 2 is 1.70 bits per heavy atom. The van der Waals surface area contributed by atoms with Gasteiger partial charge >= 0.3 is 0 Å². The van der Waals surface area contributed by atoms with Crippen LogP contribution in [0.4, 0.5) is 5.69 Å². The molecule has 2 aromatic rings. The molecular formula is C21H21N3O3. The summed E-state index contributed by atoms with van der Waals surface area (Å²) in [5.41, 5.74) is 2.71. The predicted molar refractivity (Wildman–Crippen MR) is 103 cm³/mol. The first-order valence-corrected chi connectivity index (χ1v) is 9.19. The highest BCUT2D eigenvalue weighted by atomic mass is 16.6. The van der Waals surface area contributed by atoms with E-state index in [0.717, 1.165) is 37.2 Å². The Morgan fingerprint density at radius 1 is 1.00 bits per heavy atom. The summed E-state index contributed by atoms with van der Waals surface area (Å²) in [6.45, 7) is 1.53. The molecule has 6 heteroatoms. The summed E-state index contributed by atoms with van der Waals surface area (Å²) in [6, 6.07) is 16.8. The zero-order chi connectivity index (χ0) is 18.6. The zero-order valence-electron chi connectivity index (χ0n) is 14.9. The molecule has 0 aromatic heterocycles. The van der Waals surface area contributed by atoms with Crippen LogP contribution in [0, 0.1) is 0 Å². The molecule has 0 aliphatic carbocycles. The number of amides is 2. The van der Waals surface area contributed by atoms with Gasteiger partial charge in [-0.25, -0.2) is 0 Å². The molecule has 2 heterocycles. The molecular weight excluding hydrogens is 342 g/mol. The molecule has 0 spiro atoms. The van der Waals surface area contributed by atoms with E-state index in [4.69, 9.17) is 4.84 Å². The Morgan fingerprint density at radius 3 is 2.48 bits per heavy atom. The zero-order valence-corrected chi connectivity index (χ0v) is 14.9. The number of hydrogen-bond donors (Lipinski definition) is 1. The van der Waals surface area contributed by atoms with Crippen LogP contribution >= 0.6 is 0 Å². The Labute approximate surface area is 157 Å². The second kappa shape index (κ2) is 7.61. The molecule has 2 aliphatic heterocycles. The fourth-order valence-electron chi connectivity index (χ4n) is 3.40. The van der Waals surface area contributed by atoms with Crippen LogP contribution in [-0.2, 0) is 9.63 Å². The van der Waals surface area contributed by atoms with E-state index in [-0.39, 0.29) is 11.8 Å². The summed E-state index contributed by atoms with van der Waals surface area (Å²) in [5, 5.41) is 6.90. The van der Waals surface area contributed by atoms with Crippen LogP contribution in [0.5, 0.6) is 0 Å². The fraction of sp³-hybridized carbons (Fsp3) is 0.286. The van der Waals surface area contributed by atoms with Crippen LogP contribution in [-0.4, -0.2) is 41.6 Å². The number of nitrogens with zero attached hydrogens (tertiary/aromatic N) is 2. The first-order valence-electron chi connectivity index (χ1n) is 9.19. The Hall–Kier alpha value is -3.15. The molecule has 1 N–H and O–H groups in total. The molecule has 4 rings (SSSR count). The summed E-state index contributed by atoms with van der Waals surface area (Å²) < 4.78 is 0. The minimum Gasteiger partial charge on any atom is -0.382 e. The first kappa shape index (κ1) is 17.3. The maximum atomic E-state index is 12.7. The van der Waals surface area contributed by atoms with Gasteiger partial charge < -0.3 is 15.1 Å². The van der Waals surface area contributed by atoms with Crippen molar-refractivity contribution in [3.8, 4) is 0 Å². The highest BCUT2D eigenvalue weighted by Gasteiger charge is 2.30. The molecule has 0 bridgehead atoms. The molecule has 27 heavy (non-hydrogen) atoms. The van der Waals surface area contributed by atoms with Crippen LogP contribution in [0.25, 0.3) is 0 Å². The highest BCUT2D eigenvalue weighted by molar-refractivity contribution is 6.08. The van der Waals surface area contributed by atoms with Crippen LogP contribution in [0.3, 0.4) is 0 Å². The van der Waals surface area contributed by atoms with Crippen LogP contribution in [0.15, 0.2) is 59.8 Å². The minimum absolute atomic E-state index is 0.0445. The molecule has 1 atom stereocenters. The first-order chi connectivity index (χ1) is 13.2. The standard InChI is InChI=1S/C21H21N3O3/c25-20(19-14-18(23-27-19)15-8-2-1-3-9-15)22-17-11-5-4-10-16(17)21(26)24-12-6-7-13-24/h1-5,8-11,19H,6-7,12-14H2,(H,22,25)/t19-/m0/s1. The fourth-order valence-corrected chi connectivity index (χ4v) is 3.40. The van der Waals surface area contributed by atoms with Gasteiger partial charge in [0, 0.05) is 19.5 Å². The number of hydrogen-bond acceptors (Lipinski definition) is 4. The van der Waals surface area contributed by atoms with E-state index in [1.54, 1.807) is 18.2 Å². The van der Waals surface area contributed by atoms with Crippen LogP contribution < -0.4 is 5.32 Å². The molecule has 0 unspecified atom stereocenters. The van der Waals surface area contributed by atoms with Gasteiger partial charge in [0.1, 0.15) is 0 Å². The Balaban J connectivity index is 1.44. The second-order valence-electron chi connectivity index (χ2n) is 6.74. The van der Waals surface area contributed by atoms with E-state index in [1.165, 1.54) is 0 Å². The number of likely N-dealkylation sites (tertiary alicyclic amines) is 1. The van der Waals surface area contributed by atoms with Gasteiger partial charge in [-0.05, 0) is 30.5 Å². The topological polar surface area (TPSA) is 71.0 Å². The molecule has 2 aromatic carbocycles. The van der Waals surface area contributed by atoms with E-state index in [0.29, 0.717) is 17.7 Å². The number of rotatable bonds is 4. The van der Waals surface area contributed by atoms with Crippen molar-refractivity contribution < 1.29 is 14.4 Å². The van der Waals surface area contributed by atoms with Crippen molar-refractivity contribution in [1.29, 1.82) is 0 Å². The number of anilines is 1. The summed E-state index contributed by atoms with van der Waals surface area (Å²) in [5.74, 6) is -0.344. The monoisotopic (exact) mass is 363 g/mol. The van der Waals surface area contributed by atoms with Gasteiger partial charge in [-0.15, -0.1) is 0 Å². The number of nitrogens with one attached hydrogen (secondary N) is 1. The van der Waals surface area contributed by atoms with Gasteiger partial charge in [-0.2, -0.15) is 0 Å². The molecule has 2 aliphatic rings. The van der Waals surface area contributed by atoms with Crippen molar-refractivity contribution in [2.75, 3.05) is 18.4 Å². The quantitative estimate of drug-likeness (QED) is 0.908. The number of para-hydroxylation sites is 1. The highest BCUT2D eigenvalue weighted by Crippen LogP contribution is 2.22. The lowest BCUT2D eigenvalue weighted by Gasteiger charge is -2.18.